The van der Waals surface area contributed by atoms with Gasteiger partial charge in [0.05, 0.1) is 11.3 Å². The van der Waals surface area contributed by atoms with Crippen molar-refractivity contribution in [3.63, 3.8) is 0 Å². The molecule has 0 aliphatic carbocycles. The Morgan fingerprint density at radius 3 is 2.11 bits per heavy atom. The maximum absolute atomic E-state index is 13.0. The second-order valence-corrected chi connectivity index (χ2v) is 3.07. The summed E-state index contributed by atoms with van der Waals surface area (Å²) in [7, 11) is 0. The lowest BCUT2D eigenvalue weighted by atomic mass is 10.2. The third-order valence-corrected chi connectivity index (χ3v) is 1.79. The fourth-order valence-corrected chi connectivity index (χ4v) is 1.00. The summed E-state index contributed by atoms with van der Waals surface area (Å²) in [6.07, 6.45) is -5.27. The number of rotatable bonds is 2. The van der Waals surface area contributed by atoms with E-state index < -0.39 is 40.9 Å². The van der Waals surface area contributed by atoms with Gasteiger partial charge in [-0.15, -0.1) is 0 Å². The van der Waals surface area contributed by atoms with Crippen LogP contribution in [-0.2, 0) is 4.79 Å². The molecule has 0 radical (unpaired) electrons. The minimum Gasteiger partial charge on any atom is -0.478 e. The average Bonchev–Trinajstić information content (AvgIpc) is 2.19. The van der Waals surface area contributed by atoms with E-state index in [1.54, 1.807) is 0 Å². The molecule has 1 aromatic carbocycles. The van der Waals surface area contributed by atoms with Crippen LogP contribution in [-0.4, -0.2) is 23.2 Å². The van der Waals surface area contributed by atoms with Gasteiger partial charge < -0.3 is 10.4 Å². The van der Waals surface area contributed by atoms with E-state index in [0.717, 1.165) is 5.32 Å². The Labute approximate surface area is 96.0 Å². The molecule has 2 N–H and O–H groups in total. The lowest BCUT2D eigenvalue weighted by Crippen LogP contribution is -2.30. The number of benzene rings is 1. The number of anilines is 1. The highest BCUT2D eigenvalue weighted by molar-refractivity contribution is 5.96. The molecule has 1 amide bonds. The van der Waals surface area contributed by atoms with Gasteiger partial charge in [0.1, 0.15) is 11.6 Å². The second-order valence-electron chi connectivity index (χ2n) is 3.07. The van der Waals surface area contributed by atoms with Crippen LogP contribution in [0.15, 0.2) is 12.1 Å². The first-order valence-corrected chi connectivity index (χ1v) is 4.23. The van der Waals surface area contributed by atoms with Crippen molar-refractivity contribution in [2.75, 3.05) is 5.32 Å². The van der Waals surface area contributed by atoms with Crippen LogP contribution in [0.4, 0.5) is 27.6 Å². The van der Waals surface area contributed by atoms with Gasteiger partial charge in [-0.05, 0) is 6.07 Å². The Balaban J connectivity index is 3.14. The van der Waals surface area contributed by atoms with Crippen LogP contribution >= 0.6 is 0 Å². The van der Waals surface area contributed by atoms with Crippen LogP contribution in [0.1, 0.15) is 10.4 Å². The highest BCUT2D eigenvalue weighted by atomic mass is 19.4. The molecule has 0 bridgehead atoms. The summed E-state index contributed by atoms with van der Waals surface area (Å²) in [6.45, 7) is 0. The monoisotopic (exact) mass is 269 g/mol. The summed E-state index contributed by atoms with van der Waals surface area (Å²) >= 11 is 0. The number of carboxylic acids is 1. The van der Waals surface area contributed by atoms with Gasteiger partial charge in [0.25, 0.3) is 0 Å². The van der Waals surface area contributed by atoms with E-state index in [4.69, 9.17) is 5.11 Å². The van der Waals surface area contributed by atoms with Crippen molar-refractivity contribution in [3.8, 4) is 0 Å². The molecule has 0 unspecified atom stereocenters. The van der Waals surface area contributed by atoms with Crippen molar-refractivity contribution < 1.29 is 36.6 Å². The molecule has 4 nitrogen and oxygen atoms in total. The largest absolute Gasteiger partial charge is 0.478 e. The number of aromatic carboxylic acids is 1. The molecule has 0 aliphatic rings. The molecule has 0 saturated heterocycles. The van der Waals surface area contributed by atoms with Crippen LogP contribution in [0.25, 0.3) is 0 Å². The Hall–Kier alpha value is -2.19. The van der Waals surface area contributed by atoms with Crippen molar-refractivity contribution in [1.82, 2.24) is 0 Å². The zero-order valence-corrected chi connectivity index (χ0v) is 8.31. The molecule has 0 atom stereocenters. The first-order chi connectivity index (χ1) is 8.12. The first kappa shape index (κ1) is 13.9. The number of carbonyl (C=O) groups is 2. The van der Waals surface area contributed by atoms with Gasteiger partial charge in [-0.2, -0.15) is 13.2 Å². The van der Waals surface area contributed by atoms with Crippen LogP contribution < -0.4 is 5.32 Å². The van der Waals surface area contributed by atoms with Crippen LogP contribution in [0.3, 0.4) is 0 Å². The minimum atomic E-state index is -5.27. The van der Waals surface area contributed by atoms with Crippen molar-refractivity contribution >= 4 is 17.6 Å². The molecular formula is C9H4F5NO3. The van der Waals surface area contributed by atoms with Gasteiger partial charge >= 0.3 is 18.1 Å². The van der Waals surface area contributed by atoms with E-state index in [1.165, 1.54) is 0 Å². The molecule has 98 valence electrons. The third kappa shape index (κ3) is 2.93. The summed E-state index contributed by atoms with van der Waals surface area (Å²) in [5, 5.41) is 9.58. The number of halogens is 5. The van der Waals surface area contributed by atoms with Gasteiger partial charge in [-0.25, -0.2) is 13.6 Å². The highest BCUT2D eigenvalue weighted by Crippen LogP contribution is 2.23. The number of alkyl halides is 3. The molecule has 0 aromatic heterocycles. The molecule has 18 heavy (non-hydrogen) atoms. The molecule has 1 aromatic rings. The first-order valence-electron chi connectivity index (χ1n) is 4.23. The standard InChI is InChI=1S/C9H4F5NO3/c10-4-2-5(11)6(1-3(4)7(16)17)15-8(18)9(12,13)14/h1-2H,(H,15,18)(H,16,17). The number of hydrogen-bond donors (Lipinski definition) is 2. The SMILES string of the molecule is O=C(O)c1cc(NC(=O)C(F)(F)F)c(F)cc1F. The molecule has 0 fully saturated rings. The molecule has 9 heteroatoms. The maximum Gasteiger partial charge on any atom is 0.471 e. The maximum atomic E-state index is 13.0. The van der Waals surface area contributed by atoms with E-state index in [9.17, 15) is 31.5 Å². The van der Waals surface area contributed by atoms with E-state index in [1.807, 2.05) is 0 Å². The van der Waals surface area contributed by atoms with Crippen molar-refractivity contribution in [1.29, 1.82) is 0 Å². The van der Waals surface area contributed by atoms with E-state index in [-0.39, 0.29) is 12.1 Å². The lowest BCUT2D eigenvalue weighted by Gasteiger charge is -2.09. The predicted molar refractivity (Wildman–Crippen MR) is 48.0 cm³/mol. The average molecular weight is 269 g/mol. The molecular weight excluding hydrogens is 265 g/mol. The number of carbonyl (C=O) groups excluding carboxylic acids is 1. The van der Waals surface area contributed by atoms with Crippen molar-refractivity contribution in [2.45, 2.75) is 6.18 Å². The number of hydrogen-bond acceptors (Lipinski definition) is 2. The Kier molecular flexibility index (Phi) is 3.54. The van der Waals surface area contributed by atoms with Gasteiger partial charge in [0.2, 0.25) is 0 Å². The lowest BCUT2D eigenvalue weighted by molar-refractivity contribution is -0.167. The third-order valence-electron chi connectivity index (χ3n) is 1.79. The molecule has 0 saturated carbocycles. The van der Waals surface area contributed by atoms with E-state index in [0.29, 0.717) is 0 Å². The summed E-state index contributed by atoms with van der Waals surface area (Å²) in [4.78, 5) is 21.0. The summed E-state index contributed by atoms with van der Waals surface area (Å²) < 4.78 is 61.6. The minimum absolute atomic E-state index is 0.0649. The molecule has 0 heterocycles. The fraction of sp³-hybridized carbons (Fsp3) is 0.111. The van der Waals surface area contributed by atoms with Gasteiger partial charge in [-0.1, -0.05) is 0 Å². The zero-order chi connectivity index (χ0) is 14.1. The predicted octanol–water partition coefficient (Wildman–Crippen LogP) is 2.16. The quantitative estimate of drug-likeness (QED) is 0.808. The molecule has 0 aliphatic heterocycles. The van der Waals surface area contributed by atoms with Crippen LogP contribution in [0.5, 0.6) is 0 Å². The van der Waals surface area contributed by atoms with Gasteiger partial charge in [-0.3, -0.25) is 4.79 Å². The number of amides is 1. The Morgan fingerprint density at radius 2 is 1.67 bits per heavy atom. The van der Waals surface area contributed by atoms with Crippen molar-refractivity contribution in [2.24, 2.45) is 0 Å². The Bertz CT molecular complexity index is 512. The number of carboxylic acid groups (broad SMARTS) is 1. The number of nitrogens with one attached hydrogen (secondary N) is 1. The van der Waals surface area contributed by atoms with Crippen LogP contribution in [0, 0.1) is 11.6 Å². The summed E-state index contributed by atoms with van der Waals surface area (Å²) in [5.74, 6) is -7.29. The van der Waals surface area contributed by atoms with Crippen LogP contribution in [0.2, 0.25) is 0 Å². The van der Waals surface area contributed by atoms with Gasteiger partial charge in [0, 0.05) is 6.07 Å². The highest BCUT2D eigenvalue weighted by Gasteiger charge is 2.39. The van der Waals surface area contributed by atoms with E-state index >= 15 is 0 Å². The Morgan fingerprint density at radius 1 is 1.11 bits per heavy atom. The molecule has 0 spiro atoms. The molecule has 1 rings (SSSR count). The zero-order valence-electron chi connectivity index (χ0n) is 8.31. The summed E-state index contributed by atoms with van der Waals surface area (Å²) in [5.41, 5.74) is -2.13. The summed E-state index contributed by atoms with van der Waals surface area (Å²) in [6, 6.07) is 0.325. The van der Waals surface area contributed by atoms with Gasteiger partial charge in [0.15, 0.2) is 0 Å². The second kappa shape index (κ2) is 4.59. The normalized spacial score (nSPS) is 11.2. The smallest absolute Gasteiger partial charge is 0.471 e. The van der Waals surface area contributed by atoms with Crippen molar-refractivity contribution in [3.05, 3.63) is 29.3 Å². The van der Waals surface area contributed by atoms with E-state index in [2.05, 4.69) is 0 Å². The fourth-order valence-electron chi connectivity index (χ4n) is 1.00. The topological polar surface area (TPSA) is 66.4 Å².